The van der Waals surface area contributed by atoms with Crippen molar-refractivity contribution >= 4 is 0 Å². The summed E-state index contributed by atoms with van der Waals surface area (Å²) in [6.07, 6.45) is 2.87. The summed E-state index contributed by atoms with van der Waals surface area (Å²) in [5.41, 5.74) is 1.40. The first kappa shape index (κ1) is 11.1. The molecule has 1 aromatic heterocycles. The summed E-state index contributed by atoms with van der Waals surface area (Å²) in [5.74, 6) is 0. The van der Waals surface area contributed by atoms with Crippen molar-refractivity contribution in [3.63, 3.8) is 0 Å². The first-order valence-electron chi connectivity index (χ1n) is 5.05. The van der Waals surface area contributed by atoms with Gasteiger partial charge in [0.2, 0.25) is 0 Å². The van der Waals surface area contributed by atoms with E-state index in [1.54, 1.807) is 6.20 Å². The molecule has 0 atom stereocenters. The monoisotopic (exact) mass is 193 g/mol. The van der Waals surface area contributed by atoms with Crippen LogP contribution in [0.4, 0.5) is 0 Å². The predicted molar refractivity (Wildman–Crippen MR) is 57.8 cm³/mol. The third kappa shape index (κ3) is 4.92. The van der Waals surface area contributed by atoms with E-state index in [0.717, 1.165) is 18.8 Å². The summed E-state index contributed by atoms with van der Waals surface area (Å²) >= 11 is 0. The van der Waals surface area contributed by atoms with Crippen molar-refractivity contribution in [1.82, 2.24) is 15.5 Å². The van der Waals surface area contributed by atoms with E-state index in [0.29, 0.717) is 5.41 Å². The van der Waals surface area contributed by atoms with Crippen molar-refractivity contribution in [3.8, 4) is 0 Å². The first-order valence-corrected chi connectivity index (χ1v) is 5.05. The highest BCUT2D eigenvalue weighted by molar-refractivity contribution is 4.98. The van der Waals surface area contributed by atoms with Gasteiger partial charge in [0.1, 0.15) is 0 Å². The maximum atomic E-state index is 4.00. The van der Waals surface area contributed by atoms with Crippen LogP contribution >= 0.6 is 0 Å². The Morgan fingerprint density at radius 2 is 2.14 bits per heavy atom. The Morgan fingerprint density at radius 1 is 1.36 bits per heavy atom. The molecule has 3 heteroatoms. The Bertz CT molecular complexity index is 251. The van der Waals surface area contributed by atoms with E-state index in [2.05, 4.69) is 36.3 Å². The zero-order valence-corrected chi connectivity index (χ0v) is 9.25. The van der Waals surface area contributed by atoms with Gasteiger partial charge in [0.15, 0.2) is 0 Å². The normalized spacial score (nSPS) is 11.6. The molecule has 14 heavy (non-hydrogen) atoms. The predicted octanol–water partition coefficient (Wildman–Crippen LogP) is 2.00. The van der Waals surface area contributed by atoms with Crippen molar-refractivity contribution in [1.29, 1.82) is 0 Å². The lowest BCUT2D eigenvalue weighted by Crippen LogP contribution is -2.20. The lowest BCUT2D eigenvalue weighted by atomic mass is 9.92. The molecule has 0 radical (unpaired) electrons. The van der Waals surface area contributed by atoms with Gasteiger partial charge in [-0.05, 0) is 30.5 Å². The molecule has 0 fully saturated rings. The van der Waals surface area contributed by atoms with Crippen LogP contribution in [0.3, 0.4) is 0 Å². The standard InChI is InChI=1S/C11H19N3/c1-11(2,3)6-8-12-9-10-5-4-7-13-14-10/h4-5,7,12H,6,8-9H2,1-3H3. The second-order valence-electron chi connectivity index (χ2n) is 4.70. The van der Waals surface area contributed by atoms with Crippen LogP contribution in [-0.4, -0.2) is 16.7 Å². The molecule has 0 saturated carbocycles. The molecule has 0 spiro atoms. The summed E-state index contributed by atoms with van der Waals surface area (Å²) in [7, 11) is 0. The third-order valence-corrected chi connectivity index (χ3v) is 1.99. The van der Waals surface area contributed by atoms with Crippen molar-refractivity contribution < 1.29 is 0 Å². The van der Waals surface area contributed by atoms with E-state index in [1.165, 1.54) is 6.42 Å². The van der Waals surface area contributed by atoms with Gasteiger partial charge in [-0.2, -0.15) is 10.2 Å². The molecule has 0 bridgehead atoms. The van der Waals surface area contributed by atoms with Crippen LogP contribution in [0.25, 0.3) is 0 Å². The average Bonchev–Trinajstić information content (AvgIpc) is 2.13. The number of hydrogen-bond acceptors (Lipinski definition) is 3. The van der Waals surface area contributed by atoms with E-state index >= 15 is 0 Å². The van der Waals surface area contributed by atoms with Gasteiger partial charge in [-0.25, -0.2) is 0 Å². The van der Waals surface area contributed by atoms with Gasteiger partial charge in [0, 0.05) is 12.7 Å². The van der Waals surface area contributed by atoms with E-state index in [9.17, 15) is 0 Å². The van der Waals surface area contributed by atoms with Gasteiger partial charge in [0.25, 0.3) is 0 Å². The molecule has 78 valence electrons. The molecule has 0 saturated heterocycles. The van der Waals surface area contributed by atoms with Crippen molar-refractivity contribution in [2.45, 2.75) is 33.7 Å². The van der Waals surface area contributed by atoms with E-state index in [4.69, 9.17) is 0 Å². The minimum Gasteiger partial charge on any atom is -0.311 e. The van der Waals surface area contributed by atoms with Crippen LogP contribution < -0.4 is 5.32 Å². The lowest BCUT2D eigenvalue weighted by molar-refractivity contribution is 0.366. The van der Waals surface area contributed by atoms with Crippen molar-refractivity contribution in [3.05, 3.63) is 24.0 Å². The molecule has 0 aliphatic rings. The highest BCUT2D eigenvalue weighted by Crippen LogP contribution is 2.16. The van der Waals surface area contributed by atoms with E-state index in [1.807, 2.05) is 12.1 Å². The Balaban J connectivity index is 2.17. The first-order chi connectivity index (χ1) is 6.58. The number of hydrogen-bond donors (Lipinski definition) is 1. The third-order valence-electron chi connectivity index (χ3n) is 1.99. The topological polar surface area (TPSA) is 37.8 Å². The zero-order chi connectivity index (χ0) is 10.4. The van der Waals surface area contributed by atoms with Gasteiger partial charge in [-0.1, -0.05) is 20.8 Å². The zero-order valence-electron chi connectivity index (χ0n) is 9.25. The Morgan fingerprint density at radius 3 is 2.71 bits per heavy atom. The van der Waals surface area contributed by atoms with Crippen molar-refractivity contribution in [2.75, 3.05) is 6.54 Å². The second kappa shape index (κ2) is 5.05. The molecule has 0 aliphatic carbocycles. The average molecular weight is 193 g/mol. The Kier molecular flexibility index (Phi) is 4.01. The van der Waals surface area contributed by atoms with Crippen LogP contribution in [0, 0.1) is 5.41 Å². The number of nitrogens with zero attached hydrogens (tertiary/aromatic N) is 2. The van der Waals surface area contributed by atoms with Crippen LogP contribution in [0.1, 0.15) is 32.9 Å². The smallest absolute Gasteiger partial charge is 0.0768 e. The van der Waals surface area contributed by atoms with E-state index in [-0.39, 0.29) is 0 Å². The van der Waals surface area contributed by atoms with Gasteiger partial charge < -0.3 is 5.32 Å². The van der Waals surface area contributed by atoms with Crippen molar-refractivity contribution in [2.24, 2.45) is 5.41 Å². The quantitative estimate of drug-likeness (QED) is 0.743. The molecule has 3 nitrogen and oxygen atoms in total. The van der Waals surface area contributed by atoms with Crippen LogP contribution in [0.15, 0.2) is 18.3 Å². The van der Waals surface area contributed by atoms with Gasteiger partial charge in [-0.15, -0.1) is 0 Å². The largest absolute Gasteiger partial charge is 0.311 e. The summed E-state index contributed by atoms with van der Waals surface area (Å²) < 4.78 is 0. The molecule has 1 N–H and O–H groups in total. The minimum atomic E-state index is 0.398. The second-order valence-corrected chi connectivity index (χ2v) is 4.70. The van der Waals surface area contributed by atoms with Crippen LogP contribution in [0.5, 0.6) is 0 Å². The molecule has 0 aromatic carbocycles. The van der Waals surface area contributed by atoms with E-state index < -0.39 is 0 Å². The minimum absolute atomic E-state index is 0.398. The maximum Gasteiger partial charge on any atom is 0.0768 e. The van der Waals surface area contributed by atoms with Crippen LogP contribution in [0.2, 0.25) is 0 Å². The number of rotatable bonds is 4. The molecular weight excluding hydrogens is 174 g/mol. The molecule has 0 amide bonds. The summed E-state index contributed by atoms with van der Waals surface area (Å²) in [5, 5.41) is 11.2. The fourth-order valence-electron chi connectivity index (χ4n) is 1.11. The molecule has 1 rings (SSSR count). The maximum absolute atomic E-state index is 4.00. The SMILES string of the molecule is CC(C)(C)CCNCc1cccnn1. The fourth-order valence-corrected chi connectivity index (χ4v) is 1.11. The highest BCUT2D eigenvalue weighted by Gasteiger charge is 2.08. The fraction of sp³-hybridized carbons (Fsp3) is 0.636. The highest BCUT2D eigenvalue weighted by atomic mass is 15.1. The molecular formula is C11H19N3. The van der Waals surface area contributed by atoms with Gasteiger partial charge >= 0.3 is 0 Å². The molecule has 0 aliphatic heterocycles. The summed E-state index contributed by atoms with van der Waals surface area (Å²) in [6, 6.07) is 3.89. The lowest BCUT2D eigenvalue weighted by Gasteiger charge is -2.17. The molecule has 1 heterocycles. The Labute approximate surface area is 85.9 Å². The number of aromatic nitrogens is 2. The number of nitrogens with one attached hydrogen (secondary N) is 1. The summed E-state index contributed by atoms with van der Waals surface area (Å²) in [4.78, 5) is 0. The van der Waals surface area contributed by atoms with Gasteiger partial charge in [0.05, 0.1) is 5.69 Å². The van der Waals surface area contributed by atoms with Gasteiger partial charge in [-0.3, -0.25) is 0 Å². The Hall–Kier alpha value is -0.960. The molecule has 1 aromatic rings. The van der Waals surface area contributed by atoms with Crippen LogP contribution in [-0.2, 0) is 6.54 Å². The summed E-state index contributed by atoms with van der Waals surface area (Å²) in [6.45, 7) is 8.58. The molecule has 0 unspecified atom stereocenters.